The van der Waals surface area contributed by atoms with Crippen LogP contribution in [0.4, 0.5) is 27.6 Å². The van der Waals surface area contributed by atoms with Gasteiger partial charge in [-0.1, -0.05) is 20.3 Å². The molecule has 2 saturated carbocycles. The van der Waals surface area contributed by atoms with Gasteiger partial charge in [-0.15, -0.1) is 11.8 Å². The normalized spacial score (nSPS) is 22.8. The van der Waals surface area contributed by atoms with Crippen molar-refractivity contribution in [2.45, 2.75) is 69.6 Å². The van der Waals surface area contributed by atoms with Gasteiger partial charge in [-0.3, -0.25) is 9.48 Å². The van der Waals surface area contributed by atoms with E-state index in [9.17, 15) is 26.7 Å². The Kier molecular flexibility index (Phi) is 5.78. The summed E-state index contributed by atoms with van der Waals surface area (Å²) in [4.78, 5) is 17.3. The van der Waals surface area contributed by atoms with Gasteiger partial charge in [0.25, 0.3) is 11.8 Å². The van der Waals surface area contributed by atoms with Gasteiger partial charge in [-0.05, 0) is 37.7 Å². The molecule has 1 spiro atoms. The zero-order valence-corrected chi connectivity index (χ0v) is 19.3. The van der Waals surface area contributed by atoms with Crippen molar-refractivity contribution in [3.63, 3.8) is 0 Å². The van der Waals surface area contributed by atoms with Gasteiger partial charge in [0.05, 0.1) is 10.7 Å². The number of nitrogens with one attached hydrogen (secondary N) is 1. The fourth-order valence-electron chi connectivity index (χ4n) is 5.15. The zero-order chi connectivity index (χ0) is 24.2. The predicted octanol–water partition coefficient (Wildman–Crippen LogP) is 6.05. The number of alkyl halides is 5. The van der Waals surface area contributed by atoms with E-state index in [0.717, 1.165) is 4.68 Å². The van der Waals surface area contributed by atoms with Crippen molar-refractivity contribution in [3.8, 4) is 0 Å². The third-order valence-electron chi connectivity index (χ3n) is 6.93. The number of rotatable bonds is 7. The average Bonchev–Trinajstić information content (AvgIpc) is 3.49. The number of carbonyl (C=O) groups excluding carboxylic acids is 1. The zero-order valence-electron chi connectivity index (χ0n) is 18.5. The number of nitrogens with zero attached hydrogens (tertiary/aromatic N) is 3. The van der Waals surface area contributed by atoms with Gasteiger partial charge < -0.3 is 5.32 Å². The number of aromatic nitrogens is 3. The van der Waals surface area contributed by atoms with Crippen LogP contribution in [0, 0.1) is 10.8 Å². The summed E-state index contributed by atoms with van der Waals surface area (Å²) in [6.07, 6.45) is -0.977. The maximum Gasteiger partial charge on any atom is 0.420 e. The highest BCUT2D eigenvalue weighted by atomic mass is 32.2. The first-order valence-corrected chi connectivity index (χ1v) is 12.0. The fourth-order valence-corrected chi connectivity index (χ4v) is 5.56. The number of halogens is 5. The minimum Gasteiger partial charge on any atom is -0.321 e. The van der Waals surface area contributed by atoms with Crippen LogP contribution in [0.2, 0.25) is 0 Å². The predicted molar refractivity (Wildman–Crippen MR) is 115 cm³/mol. The molecule has 1 atom stereocenters. The van der Waals surface area contributed by atoms with Crippen LogP contribution in [0.15, 0.2) is 23.4 Å². The number of thioether (sulfide) groups is 1. The monoisotopic (exact) mass is 488 g/mol. The Balaban J connectivity index is 1.75. The van der Waals surface area contributed by atoms with E-state index >= 15 is 0 Å². The van der Waals surface area contributed by atoms with Gasteiger partial charge in [0.15, 0.2) is 0 Å². The molecule has 2 heterocycles. The third kappa shape index (κ3) is 3.91. The molecule has 1 N–H and O–H groups in total. The third-order valence-corrected chi connectivity index (χ3v) is 7.57. The molecule has 0 aliphatic heterocycles. The summed E-state index contributed by atoms with van der Waals surface area (Å²) in [5.41, 5.74) is -3.85. The molecule has 2 fully saturated rings. The number of hydrogen-bond acceptors (Lipinski definition) is 4. The Morgan fingerprint density at radius 3 is 2.55 bits per heavy atom. The number of hydrogen-bond donors (Lipinski definition) is 1. The van der Waals surface area contributed by atoms with E-state index in [1.165, 1.54) is 24.0 Å². The lowest BCUT2D eigenvalue weighted by atomic mass is 9.55. The summed E-state index contributed by atoms with van der Waals surface area (Å²) in [5.74, 6) is -3.82. The molecule has 5 nitrogen and oxygen atoms in total. The fraction of sp³-hybridized carbons (Fsp3) is 0.591. The highest BCUT2D eigenvalue weighted by Crippen LogP contribution is 2.78. The van der Waals surface area contributed by atoms with Crippen molar-refractivity contribution in [1.82, 2.24) is 14.8 Å². The maximum absolute atomic E-state index is 14.3. The topological polar surface area (TPSA) is 59.8 Å². The molecule has 1 unspecified atom stereocenters. The minimum atomic E-state index is -4.82. The Hall–Kier alpha value is -2.17. The molecule has 0 radical (unpaired) electrons. The van der Waals surface area contributed by atoms with E-state index < -0.39 is 46.5 Å². The van der Waals surface area contributed by atoms with Crippen LogP contribution in [0.5, 0.6) is 0 Å². The Labute approximate surface area is 192 Å². The second-order valence-electron chi connectivity index (χ2n) is 9.14. The van der Waals surface area contributed by atoms with Crippen LogP contribution in [-0.2, 0) is 19.1 Å². The van der Waals surface area contributed by atoms with Gasteiger partial charge in [0, 0.05) is 35.7 Å². The standard InChI is InChI=1S/C22H25F5N4OS/c1-4-5-14-16(22(25,26)27)17(18(32)29-13-6-9-28-15(10-13)33-3)31(30-14)12-19(2)11-21(23,24)20(19)7-8-20/h6,9-10H,4-5,7-8,11-12H2,1-3H3,(H,28,29,32). The van der Waals surface area contributed by atoms with Crippen molar-refractivity contribution < 1.29 is 26.7 Å². The molecule has 0 bridgehead atoms. The summed E-state index contributed by atoms with van der Waals surface area (Å²) in [6, 6.07) is 3.03. The molecule has 4 rings (SSSR count). The minimum absolute atomic E-state index is 0.0199. The Bertz CT molecular complexity index is 1080. The van der Waals surface area contributed by atoms with Crippen LogP contribution >= 0.6 is 11.8 Å². The van der Waals surface area contributed by atoms with Gasteiger partial charge >= 0.3 is 6.18 Å². The van der Waals surface area contributed by atoms with Crippen molar-refractivity contribution >= 4 is 23.4 Å². The van der Waals surface area contributed by atoms with Crippen molar-refractivity contribution in [1.29, 1.82) is 0 Å². The number of pyridine rings is 1. The van der Waals surface area contributed by atoms with Crippen molar-refractivity contribution in [3.05, 3.63) is 35.3 Å². The molecule has 11 heteroatoms. The number of amides is 1. The quantitative estimate of drug-likeness (QED) is 0.381. The van der Waals surface area contributed by atoms with Gasteiger partial charge in [-0.25, -0.2) is 13.8 Å². The molecule has 0 saturated heterocycles. The van der Waals surface area contributed by atoms with E-state index in [4.69, 9.17) is 0 Å². The molecule has 2 aromatic rings. The number of aryl methyl sites for hydroxylation is 1. The average molecular weight is 489 g/mol. The van der Waals surface area contributed by atoms with Crippen LogP contribution in [-0.4, -0.2) is 32.8 Å². The number of carbonyl (C=O) groups is 1. The second-order valence-corrected chi connectivity index (χ2v) is 9.97. The van der Waals surface area contributed by atoms with E-state index in [0.29, 0.717) is 24.3 Å². The first-order valence-electron chi connectivity index (χ1n) is 10.7. The second kappa shape index (κ2) is 7.95. The first kappa shape index (κ1) is 24.0. The largest absolute Gasteiger partial charge is 0.420 e. The summed E-state index contributed by atoms with van der Waals surface area (Å²) in [7, 11) is 0. The van der Waals surface area contributed by atoms with Crippen LogP contribution in [0.3, 0.4) is 0 Å². The molecule has 33 heavy (non-hydrogen) atoms. The lowest BCUT2D eigenvalue weighted by Gasteiger charge is -2.54. The van der Waals surface area contributed by atoms with Gasteiger partial charge in [0.2, 0.25) is 0 Å². The van der Waals surface area contributed by atoms with Crippen molar-refractivity contribution in [2.75, 3.05) is 11.6 Å². The molecule has 1 amide bonds. The highest BCUT2D eigenvalue weighted by molar-refractivity contribution is 7.98. The molecular weight excluding hydrogens is 463 g/mol. The summed E-state index contributed by atoms with van der Waals surface area (Å²) >= 11 is 1.32. The first-order chi connectivity index (χ1) is 15.4. The van der Waals surface area contributed by atoms with Crippen LogP contribution in [0.1, 0.15) is 61.3 Å². The Morgan fingerprint density at radius 2 is 2.00 bits per heavy atom. The molecule has 0 aromatic carbocycles. The SMILES string of the molecule is CCCc1nn(CC2(C)CC(F)(F)C23CC3)c(C(=O)Nc2ccnc(SC)c2)c1C(F)(F)F. The molecule has 2 aliphatic rings. The van der Waals surface area contributed by atoms with Gasteiger partial charge in [-0.2, -0.15) is 18.3 Å². The van der Waals surface area contributed by atoms with Crippen molar-refractivity contribution in [2.24, 2.45) is 10.8 Å². The van der Waals surface area contributed by atoms with Gasteiger partial charge in [0.1, 0.15) is 11.3 Å². The Morgan fingerprint density at radius 1 is 1.30 bits per heavy atom. The number of anilines is 1. The smallest absolute Gasteiger partial charge is 0.321 e. The van der Waals surface area contributed by atoms with E-state index in [2.05, 4.69) is 15.4 Å². The molecule has 2 aromatic heterocycles. The molecular formula is C22H25F5N4OS. The lowest BCUT2D eigenvalue weighted by Crippen LogP contribution is -2.59. The highest BCUT2D eigenvalue weighted by Gasteiger charge is 2.80. The maximum atomic E-state index is 14.3. The van der Waals surface area contributed by atoms with E-state index in [1.54, 1.807) is 26.2 Å². The molecule has 180 valence electrons. The molecule has 2 aliphatic carbocycles. The lowest BCUT2D eigenvalue weighted by molar-refractivity contribution is -0.243. The summed E-state index contributed by atoms with van der Waals surface area (Å²) in [6.45, 7) is 3.19. The van der Waals surface area contributed by atoms with Crippen LogP contribution in [0.25, 0.3) is 0 Å². The summed E-state index contributed by atoms with van der Waals surface area (Å²) in [5, 5.41) is 7.25. The van der Waals surface area contributed by atoms with Crippen LogP contribution < -0.4 is 5.32 Å². The van der Waals surface area contributed by atoms with E-state index in [1.807, 2.05) is 0 Å². The van der Waals surface area contributed by atoms with E-state index in [-0.39, 0.29) is 24.3 Å². The summed E-state index contributed by atoms with van der Waals surface area (Å²) < 4.78 is 71.9.